The van der Waals surface area contributed by atoms with E-state index in [9.17, 15) is 9.50 Å². The largest absolute Gasteiger partial charge is 0.396 e. The van der Waals surface area contributed by atoms with Crippen LogP contribution >= 0.6 is 15.9 Å². The van der Waals surface area contributed by atoms with Crippen molar-refractivity contribution >= 4 is 15.9 Å². The summed E-state index contributed by atoms with van der Waals surface area (Å²) in [5.41, 5.74) is 0.640. The maximum absolute atomic E-state index is 13.9. The summed E-state index contributed by atoms with van der Waals surface area (Å²) >= 11 is 3.37. The second-order valence-electron chi connectivity index (χ2n) is 5.10. The van der Waals surface area contributed by atoms with Crippen LogP contribution in [0.4, 0.5) is 4.39 Å². The summed E-state index contributed by atoms with van der Waals surface area (Å²) in [6.45, 7) is 2.06. The first kappa shape index (κ1) is 14.0. The molecule has 0 aliphatic carbocycles. The molecule has 1 fully saturated rings. The lowest BCUT2D eigenvalue weighted by atomic mass is 9.80. The number of likely N-dealkylation sites (tertiary alicyclic amines) is 1. The zero-order chi connectivity index (χ0) is 13.1. The second kappa shape index (κ2) is 6.13. The molecule has 0 aromatic heterocycles. The van der Waals surface area contributed by atoms with E-state index >= 15 is 0 Å². The lowest BCUT2D eigenvalue weighted by molar-refractivity contribution is 0.154. The van der Waals surface area contributed by atoms with Crippen LogP contribution in [0.15, 0.2) is 22.7 Å². The molecule has 1 aliphatic heterocycles. The van der Waals surface area contributed by atoms with E-state index in [0.717, 1.165) is 30.4 Å². The molecule has 1 aromatic rings. The van der Waals surface area contributed by atoms with Crippen molar-refractivity contribution in [2.24, 2.45) is 5.92 Å². The molecule has 0 amide bonds. The van der Waals surface area contributed by atoms with E-state index in [1.165, 1.54) is 6.07 Å². The van der Waals surface area contributed by atoms with Gasteiger partial charge in [0, 0.05) is 10.4 Å². The Kier molecular flexibility index (Phi) is 4.76. The van der Waals surface area contributed by atoms with Gasteiger partial charge < -0.3 is 10.0 Å². The summed E-state index contributed by atoms with van der Waals surface area (Å²) in [4.78, 5) is 2.28. The molecule has 18 heavy (non-hydrogen) atoms. The Balaban J connectivity index is 2.19. The Bertz CT molecular complexity index is 405. The third kappa shape index (κ3) is 3.11. The van der Waals surface area contributed by atoms with Crippen molar-refractivity contribution < 1.29 is 9.50 Å². The Hall–Kier alpha value is -0.450. The topological polar surface area (TPSA) is 23.5 Å². The van der Waals surface area contributed by atoms with E-state index in [4.69, 9.17) is 0 Å². The SMILES string of the molecule is CN1CCC(C(CO)c2cc(Br)ccc2F)CC1. The van der Waals surface area contributed by atoms with Gasteiger partial charge >= 0.3 is 0 Å². The van der Waals surface area contributed by atoms with Crippen molar-refractivity contribution in [2.45, 2.75) is 18.8 Å². The fourth-order valence-electron chi connectivity index (χ4n) is 2.73. The quantitative estimate of drug-likeness (QED) is 0.927. The van der Waals surface area contributed by atoms with Gasteiger partial charge in [0.15, 0.2) is 0 Å². The van der Waals surface area contributed by atoms with Crippen LogP contribution in [0.3, 0.4) is 0 Å². The molecule has 1 saturated heterocycles. The smallest absolute Gasteiger partial charge is 0.126 e. The normalized spacial score (nSPS) is 20.0. The van der Waals surface area contributed by atoms with Gasteiger partial charge in [-0.3, -0.25) is 0 Å². The summed E-state index contributed by atoms with van der Waals surface area (Å²) in [6, 6.07) is 4.97. The standard InChI is InChI=1S/C14H19BrFNO/c1-17-6-4-10(5-7-17)13(9-18)12-8-11(15)2-3-14(12)16/h2-3,8,10,13,18H,4-7,9H2,1H3. The number of halogens is 2. The van der Waals surface area contributed by atoms with Crippen LogP contribution < -0.4 is 0 Å². The number of benzene rings is 1. The molecular weight excluding hydrogens is 297 g/mol. The summed E-state index contributed by atoms with van der Waals surface area (Å²) < 4.78 is 14.8. The minimum Gasteiger partial charge on any atom is -0.396 e. The molecule has 1 heterocycles. The average molecular weight is 316 g/mol. The van der Waals surface area contributed by atoms with Crippen LogP contribution in [0.25, 0.3) is 0 Å². The summed E-state index contributed by atoms with van der Waals surface area (Å²) in [7, 11) is 2.10. The third-order valence-corrected chi connectivity index (χ3v) is 4.38. The molecule has 4 heteroatoms. The number of rotatable bonds is 3. The highest BCUT2D eigenvalue weighted by atomic mass is 79.9. The van der Waals surface area contributed by atoms with Crippen LogP contribution in [0, 0.1) is 11.7 Å². The molecule has 1 N–H and O–H groups in total. The average Bonchev–Trinajstić information content (AvgIpc) is 2.37. The number of aliphatic hydroxyl groups excluding tert-OH is 1. The molecule has 0 bridgehead atoms. The highest BCUT2D eigenvalue weighted by Gasteiger charge is 2.28. The molecule has 0 radical (unpaired) electrons. The van der Waals surface area contributed by atoms with Gasteiger partial charge in [0.25, 0.3) is 0 Å². The minimum absolute atomic E-state index is 0.0156. The minimum atomic E-state index is -0.212. The van der Waals surface area contributed by atoms with Gasteiger partial charge in [-0.05, 0) is 62.7 Å². The molecule has 2 nitrogen and oxygen atoms in total. The van der Waals surface area contributed by atoms with E-state index in [1.54, 1.807) is 12.1 Å². The van der Waals surface area contributed by atoms with E-state index in [0.29, 0.717) is 11.5 Å². The van der Waals surface area contributed by atoms with Gasteiger partial charge in [-0.1, -0.05) is 15.9 Å². The van der Waals surface area contributed by atoms with Crippen LogP contribution in [0.2, 0.25) is 0 Å². The summed E-state index contributed by atoms with van der Waals surface area (Å²) in [5.74, 6) is 0.0716. The van der Waals surface area contributed by atoms with Gasteiger partial charge in [0.05, 0.1) is 6.61 Å². The van der Waals surface area contributed by atoms with Gasteiger partial charge in [0.1, 0.15) is 5.82 Å². The molecule has 1 atom stereocenters. The monoisotopic (exact) mass is 315 g/mol. The fourth-order valence-corrected chi connectivity index (χ4v) is 3.11. The first-order valence-electron chi connectivity index (χ1n) is 6.36. The van der Waals surface area contributed by atoms with E-state index < -0.39 is 0 Å². The van der Waals surface area contributed by atoms with E-state index in [-0.39, 0.29) is 18.3 Å². The molecule has 0 spiro atoms. The molecule has 1 aromatic carbocycles. The molecule has 1 aliphatic rings. The van der Waals surface area contributed by atoms with Crippen molar-refractivity contribution in [3.05, 3.63) is 34.1 Å². The van der Waals surface area contributed by atoms with Crippen molar-refractivity contribution in [3.63, 3.8) is 0 Å². The van der Waals surface area contributed by atoms with Gasteiger partial charge in [-0.15, -0.1) is 0 Å². The highest BCUT2D eigenvalue weighted by Crippen LogP contribution is 2.34. The van der Waals surface area contributed by atoms with Crippen LogP contribution in [0.1, 0.15) is 24.3 Å². The molecular formula is C14H19BrFNO. The fraction of sp³-hybridized carbons (Fsp3) is 0.571. The van der Waals surface area contributed by atoms with Crippen molar-refractivity contribution in [1.29, 1.82) is 0 Å². The number of aliphatic hydroxyl groups is 1. The van der Waals surface area contributed by atoms with Gasteiger partial charge in [-0.25, -0.2) is 4.39 Å². The number of piperidine rings is 1. The van der Waals surface area contributed by atoms with E-state index in [1.807, 2.05) is 0 Å². The zero-order valence-corrected chi connectivity index (χ0v) is 12.2. The van der Waals surface area contributed by atoms with Crippen LogP contribution in [0.5, 0.6) is 0 Å². The van der Waals surface area contributed by atoms with E-state index in [2.05, 4.69) is 27.9 Å². The van der Waals surface area contributed by atoms with Crippen molar-refractivity contribution in [1.82, 2.24) is 4.90 Å². The highest BCUT2D eigenvalue weighted by molar-refractivity contribution is 9.10. The molecule has 2 rings (SSSR count). The van der Waals surface area contributed by atoms with Gasteiger partial charge in [-0.2, -0.15) is 0 Å². The zero-order valence-electron chi connectivity index (χ0n) is 10.6. The summed E-state index contributed by atoms with van der Waals surface area (Å²) in [6.07, 6.45) is 2.04. The lowest BCUT2D eigenvalue weighted by Crippen LogP contribution is -2.33. The Labute approximate surface area is 116 Å². The van der Waals surface area contributed by atoms with Crippen LogP contribution in [-0.4, -0.2) is 36.8 Å². The predicted molar refractivity (Wildman–Crippen MR) is 74.1 cm³/mol. The molecule has 0 saturated carbocycles. The second-order valence-corrected chi connectivity index (χ2v) is 6.01. The number of nitrogens with zero attached hydrogens (tertiary/aromatic N) is 1. The van der Waals surface area contributed by atoms with Gasteiger partial charge in [0.2, 0.25) is 0 Å². The van der Waals surface area contributed by atoms with Crippen molar-refractivity contribution in [3.8, 4) is 0 Å². The maximum Gasteiger partial charge on any atom is 0.126 e. The first-order chi connectivity index (χ1) is 8.61. The predicted octanol–water partition coefficient (Wildman–Crippen LogP) is 3.01. The first-order valence-corrected chi connectivity index (χ1v) is 7.15. The lowest BCUT2D eigenvalue weighted by Gasteiger charge is -2.34. The Morgan fingerprint density at radius 2 is 2.11 bits per heavy atom. The maximum atomic E-state index is 13.9. The Morgan fingerprint density at radius 3 is 2.72 bits per heavy atom. The Morgan fingerprint density at radius 1 is 1.44 bits per heavy atom. The third-order valence-electron chi connectivity index (χ3n) is 3.89. The molecule has 1 unspecified atom stereocenters. The number of hydrogen-bond acceptors (Lipinski definition) is 2. The number of hydrogen-bond donors (Lipinski definition) is 1. The van der Waals surface area contributed by atoms with Crippen LogP contribution in [-0.2, 0) is 0 Å². The molecule has 100 valence electrons. The summed E-state index contributed by atoms with van der Waals surface area (Å²) in [5, 5.41) is 9.62. The van der Waals surface area contributed by atoms with Crippen molar-refractivity contribution in [2.75, 3.05) is 26.7 Å².